The van der Waals surface area contributed by atoms with Crippen LogP contribution in [-0.2, 0) is 13.0 Å². The van der Waals surface area contributed by atoms with Gasteiger partial charge in [-0.2, -0.15) is 0 Å². The molecule has 1 aromatic carbocycles. The third-order valence-electron chi connectivity index (χ3n) is 4.47. The summed E-state index contributed by atoms with van der Waals surface area (Å²) in [7, 11) is 0. The van der Waals surface area contributed by atoms with Crippen LogP contribution in [0.3, 0.4) is 0 Å². The molecule has 0 bridgehead atoms. The number of carboxylic acid groups (broad SMARTS) is 1. The van der Waals surface area contributed by atoms with E-state index in [1.807, 2.05) is 11.5 Å². The van der Waals surface area contributed by atoms with Crippen molar-refractivity contribution < 1.29 is 9.90 Å². The number of aromatic carboxylic acids is 1. The molecule has 1 N–H and O–H groups in total. The molecule has 0 aliphatic carbocycles. The first-order valence-electron chi connectivity index (χ1n) is 8.12. The summed E-state index contributed by atoms with van der Waals surface area (Å²) < 4.78 is 1.86. The van der Waals surface area contributed by atoms with Crippen LogP contribution in [0.4, 0.5) is 11.6 Å². The van der Waals surface area contributed by atoms with Crippen molar-refractivity contribution in [2.75, 3.05) is 11.4 Å². The third-order valence-corrected chi connectivity index (χ3v) is 4.47. The highest BCUT2D eigenvalue weighted by Gasteiger charge is 2.29. The first-order chi connectivity index (χ1) is 10.9. The zero-order valence-corrected chi connectivity index (χ0v) is 14.2. The molecule has 3 rings (SSSR count). The monoisotopic (exact) mass is 313 g/mol. The highest BCUT2D eigenvalue weighted by Crippen LogP contribution is 2.35. The van der Waals surface area contributed by atoms with Crippen LogP contribution < -0.4 is 4.90 Å². The molecule has 0 unspecified atom stereocenters. The minimum Gasteiger partial charge on any atom is -0.477 e. The van der Waals surface area contributed by atoms with Crippen molar-refractivity contribution in [2.45, 2.75) is 47.1 Å². The minimum absolute atomic E-state index is 0.342. The Morgan fingerprint density at radius 1 is 1.22 bits per heavy atom. The van der Waals surface area contributed by atoms with Crippen LogP contribution in [-0.4, -0.2) is 27.2 Å². The van der Waals surface area contributed by atoms with Gasteiger partial charge in [-0.05, 0) is 44.7 Å². The summed E-state index contributed by atoms with van der Waals surface area (Å²) in [5, 5.41) is 9.56. The molecular weight excluding hydrogens is 290 g/mol. The summed E-state index contributed by atoms with van der Waals surface area (Å²) in [6.45, 7) is 9.84. The lowest BCUT2D eigenvalue weighted by molar-refractivity contribution is 0.0683. The van der Waals surface area contributed by atoms with Crippen molar-refractivity contribution in [3.63, 3.8) is 0 Å². The van der Waals surface area contributed by atoms with E-state index in [9.17, 15) is 9.90 Å². The number of imidazole rings is 1. The molecule has 0 radical (unpaired) electrons. The Kier molecular flexibility index (Phi) is 3.88. The number of hydrogen-bond donors (Lipinski definition) is 1. The van der Waals surface area contributed by atoms with Crippen LogP contribution in [0.1, 0.15) is 46.2 Å². The number of rotatable bonds is 3. The van der Waals surface area contributed by atoms with E-state index >= 15 is 0 Å². The molecule has 0 fully saturated rings. The minimum atomic E-state index is -0.889. The Bertz CT molecular complexity index is 754. The second kappa shape index (κ2) is 5.72. The van der Waals surface area contributed by atoms with Crippen LogP contribution in [0.2, 0.25) is 0 Å². The fraction of sp³-hybridized carbons (Fsp3) is 0.444. The fourth-order valence-electron chi connectivity index (χ4n) is 3.69. The molecular formula is C18H23N3O2. The summed E-state index contributed by atoms with van der Waals surface area (Å²) in [5.74, 6) is -0.125. The van der Waals surface area contributed by atoms with Crippen LogP contribution in [0.25, 0.3) is 0 Å². The van der Waals surface area contributed by atoms with Crippen LogP contribution >= 0.6 is 0 Å². The van der Waals surface area contributed by atoms with Gasteiger partial charge in [-0.3, -0.25) is 0 Å². The first-order valence-corrected chi connectivity index (χ1v) is 8.12. The molecule has 122 valence electrons. The number of nitrogens with zero attached hydrogens (tertiary/aromatic N) is 3. The van der Waals surface area contributed by atoms with Gasteiger partial charge in [0.05, 0.1) is 5.69 Å². The van der Waals surface area contributed by atoms with Crippen LogP contribution in [0, 0.1) is 20.8 Å². The number of fused-ring (bicyclic) bond motifs is 1. The Morgan fingerprint density at radius 3 is 2.43 bits per heavy atom. The van der Waals surface area contributed by atoms with E-state index in [1.54, 1.807) is 0 Å². The molecule has 0 atom stereocenters. The molecule has 23 heavy (non-hydrogen) atoms. The average Bonchev–Trinajstić information content (AvgIpc) is 2.85. The predicted octanol–water partition coefficient (Wildman–Crippen LogP) is 3.61. The summed E-state index contributed by atoms with van der Waals surface area (Å²) in [6, 6.07) is 4.34. The quantitative estimate of drug-likeness (QED) is 0.940. The Hall–Kier alpha value is -2.30. The second-order valence-electron chi connectivity index (χ2n) is 6.27. The number of carboxylic acids is 1. The highest BCUT2D eigenvalue weighted by molar-refractivity contribution is 5.88. The van der Waals surface area contributed by atoms with Gasteiger partial charge in [0.15, 0.2) is 5.69 Å². The molecule has 5 nitrogen and oxygen atoms in total. The maximum Gasteiger partial charge on any atom is 0.354 e. The molecule has 0 saturated carbocycles. The number of carbonyl (C=O) groups is 1. The molecule has 1 aliphatic heterocycles. The molecule has 0 spiro atoms. The zero-order valence-electron chi connectivity index (χ0n) is 14.2. The van der Waals surface area contributed by atoms with Gasteiger partial charge in [-0.15, -0.1) is 0 Å². The lowest BCUT2D eigenvalue weighted by Gasteiger charge is -2.32. The van der Waals surface area contributed by atoms with Crippen molar-refractivity contribution in [1.29, 1.82) is 0 Å². The summed E-state index contributed by atoms with van der Waals surface area (Å²) in [5.41, 5.74) is 5.81. The lowest BCUT2D eigenvalue weighted by atomic mass is 10.0. The SMILES string of the molecule is CCc1nc2n(c1C(=O)O)CCCN2c1c(C)cc(C)cc1C. The van der Waals surface area contributed by atoms with E-state index in [4.69, 9.17) is 0 Å². The lowest BCUT2D eigenvalue weighted by Crippen LogP contribution is -2.30. The maximum absolute atomic E-state index is 11.7. The van der Waals surface area contributed by atoms with Gasteiger partial charge >= 0.3 is 5.97 Å². The number of aryl methyl sites for hydroxylation is 4. The third kappa shape index (κ3) is 2.50. The molecule has 0 saturated heterocycles. The van der Waals surface area contributed by atoms with Gasteiger partial charge in [0.25, 0.3) is 0 Å². The van der Waals surface area contributed by atoms with Gasteiger partial charge in [0.1, 0.15) is 0 Å². The zero-order chi connectivity index (χ0) is 16.7. The van der Waals surface area contributed by atoms with Gasteiger partial charge < -0.3 is 14.6 Å². The Morgan fingerprint density at radius 2 is 1.87 bits per heavy atom. The normalized spacial score (nSPS) is 14.0. The van der Waals surface area contributed by atoms with Gasteiger partial charge in [0, 0.05) is 18.8 Å². The van der Waals surface area contributed by atoms with E-state index in [2.05, 4.69) is 42.8 Å². The fourth-order valence-corrected chi connectivity index (χ4v) is 3.69. The van der Waals surface area contributed by atoms with E-state index < -0.39 is 5.97 Å². The van der Waals surface area contributed by atoms with Crippen LogP contribution in [0.5, 0.6) is 0 Å². The van der Waals surface area contributed by atoms with Gasteiger partial charge in [-0.25, -0.2) is 9.78 Å². The summed E-state index contributed by atoms with van der Waals surface area (Å²) in [6.07, 6.45) is 1.54. The number of aromatic nitrogens is 2. The van der Waals surface area contributed by atoms with E-state index in [-0.39, 0.29) is 0 Å². The second-order valence-corrected chi connectivity index (χ2v) is 6.27. The standard InChI is InChI=1S/C18H23N3O2/c1-5-14-16(17(22)23)21-8-6-7-20(18(21)19-14)15-12(3)9-11(2)10-13(15)4/h9-10H,5-8H2,1-4H3,(H,22,23). The first kappa shape index (κ1) is 15.6. The van der Waals surface area contributed by atoms with Crippen molar-refractivity contribution in [3.8, 4) is 0 Å². The molecule has 2 heterocycles. The van der Waals surface area contributed by atoms with Gasteiger partial charge in [-0.1, -0.05) is 24.6 Å². The molecule has 0 amide bonds. The van der Waals surface area contributed by atoms with Crippen molar-refractivity contribution in [1.82, 2.24) is 9.55 Å². The number of hydrogen-bond acceptors (Lipinski definition) is 3. The van der Waals surface area contributed by atoms with Crippen LogP contribution in [0.15, 0.2) is 12.1 Å². The smallest absolute Gasteiger partial charge is 0.354 e. The van der Waals surface area contributed by atoms with E-state index in [1.165, 1.54) is 16.7 Å². The molecule has 2 aromatic rings. The summed E-state index contributed by atoms with van der Waals surface area (Å²) in [4.78, 5) is 18.5. The van der Waals surface area contributed by atoms with Crippen molar-refractivity contribution in [3.05, 3.63) is 40.2 Å². The van der Waals surface area contributed by atoms with Crippen molar-refractivity contribution in [2.24, 2.45) is 0 Å². The van der Waals surface area contributed by atoms with Gasteiger partial charge in [0.2, 0.25) is 5.95 Å². The maximum atomic E-state index is 11.7. The average molecular weight is 313 g/mol. The van der Waals surface area contributed by atoms with E-state index in [0.717, 1.165) is 24.6 Å². The topological polar surface area (TPSA) is 58.4 Å². The highest BCUT2D eigenvalue weighted by atomic mass is 16.4. The Labute approximate surface area is 136 Å². The summed E-state index contributed by atoms with van der Waals surface area (Å²) >= 11 is 0. The molecule has 1 aliphatic rings. The molecule has 5 heteroatoms. The largest absolute Gasteiger partial charge is 0.477 e. The van der Waals surface area contributed by atoms with Crippen molar-refractivity contribution >= 4 is 17.6 Å². The molecule has 1 aromatic heterocycles. The number of benzene rings is 1. The number of anilines is 2. The van der Waals surface area contributed by atoms with E-state index in [0.29, 0.717) is 24.4 Å². The Balaban J connectivity index is 2.19. The predicted molar refractivity (Wildman–Crippen MR) is 90.8 cm³/mol.